The number of rotatable bonds is 4. The number of aromatic amines is 1. The summed E-state index contributed by atoms with van der Waals surface area (Å²) in [5.41, 5.74) is 2.69. The Hall–Kier alpha value is -2.12. The third-order valence-corrected chi connectivity index (χ3v) is 5.91. The number of nitrogens with zero attached hydrogens (tertiary/aromatic N) is 2. The summed E-state index contributed by atoms with van der Waals surface area (Å²) in [4.78, 5) is 9.67. The van der Waals surface area contributed by atoms with Crippen molar-refractivity contribution in [1.29, 1.82) is 0 Å². The Kier molecular flexibility index (Phi) is 4.36. The molecule has 26 heavy (non-hydrogen) atoms. The maximum Gasteiger partial charge on any atom is 0.323 e. The fourth-order valence-corrected chi connectivity index (χ4v) is 4.27. The molecular formula is C19H23N3O3S. The van der Waals surface area contributed by atoms with Gasteiger partial charge in [0, 0.05) is 35.6 Å². The molecule has 1 saturated heterocycles. The standard InChI is InChI=1S/C19H23N3O3S/c1-19(2)8-6-13-11-22(9-7-17(13)25-19)12-26(23)18-20-15-5-4-14(24-3)10-16(15)21-18/h4-5,7,10-11H,6,8-9,12H2,1-3H3,(H,20,21). The molecule has 2 aromatic rings. The highest BCUT2D eigenvalue weighted by Gasteiger charge is 2.31. The van der Waals surface area contributed by atoms with Crippen LogP contribution in [0.25, 0.3) is 11.0 Å². The van der Waals surface area contributed by atoms with Crippen LogP contribution in [0.2, 0.25) is 0 Å². The fourth-order valence-electron chi connectivity index (χ4n) is 3.25. The van der Waals surface area contributed by atoms with Gasteiger partial charge in [-0.25, -0.2) is 0 Å². The van der Waals surface area contributed by atoms with E-state index in [-0.39, 0.29) is 5.60 Å². The topological polar surface area (TPSA) is 73.4 Å². The van der Waals surface area contributed by atoms with Crippen LogP contribution in [0.15, 0.2) is 47.0 Å². The molecule has 0 bridgehead atoms. The van der Waals surface area contributed by atoms with E-state index in [9.17, 15) is 4.55 Å². The zero-order valence-electron chi connectivity index (χ0n) is 15.2. The number of methoxy groups -OCH3 is 1. The average molecular weight is 373 g/mol. The molecule has 0 saturated carbocycles. The van der Waals surface area contributed by atoms with Gasteiger partial charge in [-0.2, -0.15) is 4.98 Å². The van der Waals surface area contributed by atoms with E-state index in [2.05, 4.69) is 41.0 Å². The average Bonchev–Trinajstić information content (AvgIpc) is 3.04. The van der Waals surface area contributed by atoms with E-state index in [1.54, 1.807) is 7.11 Å². The first kappa shape index (κ1) is 17.3. The molecule has 6 nitrogen and oxygen atoms in total. The van der Waals surface area contributed by atoms with Crippen molar-refractivity contribution in [3.8, 4) is 5.75 Å². The molecule has 1 unspecified atom stereocenters. The molecule has 1 N–H and O–H groups in total. The van der Waals surface area contributed by atoms with Crippen LogP contribution in [0.4, 0.5) is 0 Å². The molecule has 0 spiro atoms. The van der Waals surface area contributed by atoms with E-state index in [1.165, 1.54) is 5.57 Å². The summed E-state index contributed by atoms with van der Waals surface area (Å²) < 4.78 is 24.0. The van der Waals surface area contributed by atoms with E-state index in [0.717, 1.165) is 35.4 Å². The second kappa shape index (κ2) is 6.55. The second-order valence-corrected chi connectivity index (χ2v) is 8.59. The smallest absolute Gasteiger partial charge is 0.323 e. The molecule has 138 valence electrons. The fraction of sp³-hybridized carbons (Fsp3) is 0.421. The highest BCUT2D eigenvalue weighted by atomic mass is 32.2. The Balaban J connectivity index is 1.47. The SMILES string of the molecule is COc1ccc2[nH]c([S+]([O-])CN3C=C4CCC(C)(C)OC4=CC3)nc2c1. The predicted octanol–water partition coefficient (Wildman–Crippen LogP) is 3.31. The van der Waals surface area contributed by atoms with Gasteiger partial charge in [0.25, 0.3) is 0 Å². The number of hydrogen-bond acceptors (Lipinski definition) is 5. The molecule has 1 atom stereocenters. The Morgan fingerprint density at radius 3 is 3.08 bits per heavy atom. The van der Waals surface area contributed by atoms with Crippen molar-refractivity contribution in [2.24, 2.45) is 0 Å². The Bertz CT molecular complexity index is 887. The first-order valence-electron chi connectivity index (χ1n) is 8.70. The lowest BCUT2D eigenvalue weighted by Crippen LogP contribution is -2.34. The molecule has 3 heterocycles. The van der Waals surface area contributed by atoms with Gasteiger partial charge in [0.15, 0.2) is 5.88 Å². The van der Waals surface area contributed by atoms with E-state index in [0.29, 0.717) is 17.6 Å². The number of ether oxygens (including phenoxy) is 2. The lowest BCUT2D eigenvalue weighted by atomic mass is 9.93. The van der Waals surface area contributed by atoms with Crippen LogP contribution >= 0.6 is 0 Å². The number of aromatic nitrogens is 2. The molecule has 2 aliphatic rings. The quantitative estimate of drug-likeness (QED) is 0.833. The largest absolute Gasteiger partial charge is 0.608 e. The molecular weight excluding hydrogens is 350 g/mol. The first-order valence-corrected chi connectivity index (χ1v) is 10.0. The number of imidazole rings is 1. The maximum absolute atomic E-state index is 12.8. The van der Waals surface area contributed by atoms with Gasteiger partial charge in [0.1, 0.15) is 17.1 Å². The van der Waals surface area contributed by atoms with Crippen molar-refractivity contribution >= 4 is 22.2 Å². The highest BCUT2D eigenvalue weighted by Crippen LogP contribution is 2.36. The van der Waals surface area contributed by atoms with E-state index >= 15 is 0 Å². The minimum absolute atomic E-state index is 0.108. The monoisotopic (exact) mass is 373 g/mol. The number of allylic oxidation sites excluding steroid dienone is 1. The lowest BCUT2D eigenvalue weighted by Gasteiger charge is -2.37. The van der Waals surface area contributed by atoms with E-state index < -0.39 is 11.2 Å². The minimum Gasteiger partial charge on any atom is -0.608 e. The van der Waals surface area contributed by atoms with E-state index in [1.807, 2.05) is 18.2 Å². The van der Waals surface area contributed by atoms with Crippen LogP contribution in [0.5, 0.6) is 5.75 Å². The van der Waals surface area contributed by atoms with Gasteiger partial charge >= 0.3 is 5.16 Å². The van der Waals surface area contributed by atoms with Gasteiger partial charge in [0.05, 0.1) is 18.1 Å². The number of hydrogen-bond donors (Lipinski definition) is 1. The zero-order chi connectivity index (χ0) is 18.3. The number of benzene rings is 1. The van der Waals surface area contributed by atoms with Gasteiger partial charge in [-0.15, -0.1) is 0 Å². The molecule has 2 aliphatic heterocycles. The minimum atomic E-state index is -1.25. The van der Waals surface area contributed by atoms with Crippen molar-refractivity contribution in [2.75, 3.05) is 19.5 Å². The van der Waals surface area contributed by atoms with Gasteiger partial charge in [-0.3, -0.25) is 4.98 Å². The third kappa shape index (κ3) is 3.41. The van der Waals surface area contributed by atoms with Crippen LogP contribution in [0.1, 0.15) is 26.7 Å². The number of H-pyrrole nitrogens is 1. The molecule has 1 aromatic carbocycles. The molecule has 7 heteroatoms. The summed E-state index contributed by atoms with van der Waals surface area (Å²) in [7, 11) is 1.62. The van der Waals surface area contributed by atoms with Gasteiger partial charge in [-0.1, -0.05) is 0 Å². The Morgan fingerprint density at radius 1 is 1.42 bits per heavy atom. The van der Waals surface area contributed by atoms with E-state index in [4.69, 9.17) is 9.47 Å². The van der Waals surface area contributed by atoms with Crippen LogP contribution < -0.4 is 4.74 Å². The Morgan fingerprint density at radius 2 is 2.27 bits per heavy atom. The normalized spacial score (nSPS) is 20.1. The molecule has 0 aliphatic carbocycles. The summed E-state index contributed by atoms with van der Waals surface area (Å²) in [6, 6.07) is 5.59. The van der Waals surface area contributed by atoms with Gasteiger partial charge in [-0.05, 0) is 44.9 Å². The summed E-state index contributed by atoms with van der Waals surface area (Å²) >= 11 is -1.25. The van der Waals surface area contributed by atoms with Crippen molar-refractivity contribution in [2.45, 2.75) is 37.4 Å². The molecule has 0 radical (unpaired) electrons. The van der Waals surface area contributed by atoms with Crippen molar-refractivity contribution in [3.63, 3.8) is 0 Å². The van der Waals surface area contributed by atoms with Crippen LogP contribution in [0, 0.1) is 0 Å². The molecule has 1 aromatic heterocycles. The van der Waals surface area contributed by atoms with Crippen LogP contribution in [0.3, 0.4) is 0 Å². The molecule has 0 amide bonds. The van der Waals surface area contributed by atoms with Crippen molar-refractivity contribution < 1.29 is 14.0 Å². The lowest BCUT2D eigenvalue weighted by molar-refractivity contribution is 0.0129. The second-order valence-electron chi connectivity index (χ2n) is 7.26. The summed E-state index contributed by atoms with van der Waals surface area (Å²) in [5, 5.41) is 0.488. The number of nitrogens with one attached hydrogen (secondary N) is 1. The van der Waals surface area contributed by atoms with Gasteiger partial charge in [0.2, 0.25) is 0 Å². The van der Waals surface area contributed by atoms with Gasteiger partial charge < -0.3 is 18.9 Å². The summed E-state index contributed by atoms with van der Waals surface area (Å²) in [6.45, 7) is 4.92. The predicted molar refractivity (Wildman–Crippen MR) is 101 cm³/mol. The van der Waals surface area contributed by atoms with Crippen molar-refractivity contribution in [3.05, 3.63) is 41.8 Å². The third-order valence-electron chi connectivity index (χ3n) is 4.72. The first-order chi connectivity index (χ1) is 12.4. The highest BCUT2D eigenvalue weighted by molar-refractivity contribution is 7.91. The molecule has 4 rings (SSSR count). The van der Waals surface area contributed by atoms with Crippen molar-refractivity contribution in [1.82, 2.24) is 14.9 Å². The summed E-state index contributed by atoms with van der Waals surface area (Å²) in [5.74, 6) is 2.10. The number of fused-ring (bicyclic) bond motifs is 2. The van der Waals surface area contributed by atoms with Crippen LogP contribution in [-0.4, -0.2) is 44.6 Å². The maximum atomic E-state index is 12.8. The Labute approximate surface area is 156 Å². The molecule has 1 fully saturated rings. The zero-order valence-corrected chi connectivity index (χ0v) is 16.1. The van der Waals surface area contributed by atoms with Crippen LogP contribution in [-0.2, 0) is 15.9 Å². The summed E-state index contributed by atoms with van der Waals surface area (Å²) in [6.07, 6.45) is 6.12.